The maximum atomic E-state index is 11.7. The Morgan fingerprint density at radius 2 is 2.05 bits per heavy atom. The van der Waals surface area contributed by atoms with Gasteiger partial charge in [-0.05, 0) is 30.4 Å². The third-order valence-corrected chi connectivity index (χ3v) is 3.94. The molecular weight excluding hydrogens is 286 g/mol. The fraction of sp³-hybridized carbons (Fsp3) is 0.400. The first-order valence-corrected chi connectivity index (χ1v) is 8.05. The van der Waals surface area contributed by atoms with Crippen molar-refractivity contribution in [3.63, 3.8) is 0 Å². The fourth-order valence-corrected chi connectivity index (χ4v) is 2.51. The molecule has 1 aromatic heterocycles. The highest BCUT2D eigenvalue weighted by molar-refractivity contribution is 7.98. The lowest BCUT2D eigenvalue weighted by Crippen LogP contribution is -2.10. The van der Waals surface area contributed by atoms with Gasteiger partial charge in [-0.3, -0.25) is 0 Å². The van der Waals surface area contributed by atoms with Gasteiger partial charge in [-0.25, -0.2) is 9.48 Å². The second-order valence-corrected chi connectivity index (χ2v) is 5.51. The van der Waals surface area contributed by atoms with Crippen LogP contribution in [0.2, 0.25) is 0 Å². The molecule has 6 heteroatoms. The number of aromatic nitrogens is 3. The van der Waals surface area contributed by atoms with Crippen molar-refractivity contribution in [2.24, 2.45) is 0 Å². The van der Waals surface area contributed by atoms with Crippen LogP contribution in [0.1, 0.15) is 35.1 Å². The SMILES string of the molecule is CCCc1c(C(=O)OC)nnn1Cc1ccc(SC)cc1. The highest BCUT2D eigenvalue weighted by atomic mass is 32.2. The smallest absolute Gasteiger partial charge is 0.360 e. The molecule has 1 aromatic carbocycles. The molecule has 0 fully saturated rings. The number of hydrogen-bond donors (Lipinski definition) is 0. The van der Waals surface area contributed by atoms with Crippen molar-refractivity contribution in [3.8, 4) is 0 Å². The van der Waals surface area contributed by atoms with E-state index in [-0.39, 0.29) is 0 Å². The van der Waals surface area contributed by atoms with Crippen molar-refractivity contribution in [2.45, 2.75) is 31.2 Å². The van der Waals surface area contributed by atoms with Crippen LogP contribution in [0.4, 0.5) is 0 Å². The summed E-state index contributed by atoms with van der Waals surface area (Å²) in [5.74, 6) is -0.428. The molecule has 2 rings (SSSR count). The van der Waals surface area contributed by atoms with E-state index in [0.717, 1.165) is 24.1 Å². The summed E-state index contributed by atoms with van der Waals surface area (Å²) in [5.41, 5.74) is 2.28. The molecule has 0 saturated heterocycles. The Labute approximate surface area is 128 Å². The van der Waals surface area contributed by atoms with Crippen LogP contribution in [0, 0.1) is 0 Å². The van der Waals surface area contributed by atoms with Crippen LogP contribution in [-0.2, 0) is 17.7 Å². The molecule has 0 aliphatic carbocycles. The van der Waals surface area contributed by atoms with Crippen LogP contribution >= 0.6 is 11.8 Å². The Kier molecular flexibility index (Phi) is 5.38. The Morgan fingerprint density at radius 3 is 2.62 bits per heavy atom. The molecule has 0 N–H and O–H groups in total. The summed E-state index contributed by atoms with van der Waals surface area (Å²) in [7, 11) is 1.36. The van der Waals surface area contributed by atoms with E-state index in [9.17, 15) is 4.79 Å². The van der Waals surface area contributed by atoms with Gasteiger partial charge in [0.15, 0.2) is 5.69 Å². The van der Waals surface area contributed by atoms with Gasteiger partial charge in [-0.15, -0.1) is 16.9 Å². The molecule has 2 aromatic rings. The first-order chi connectivity index (χ1) is 10.2. The number of esters is 1. The van der Waals surface area contributed by atoms with Crippen LogP contribution < -0.4 is 0 Å². The molecular formula is C15H19N3O2S. The second kappa shape index (κ2) is 7.26. The van der Waals surface area contributed by atoms with Gasteiger partial charge in [-0.2, -0.15) is 0 Å². The van der Waals surface area contributed by atoms with Gasteiger partial charge in [0, 0.05) is 4.90 Å². The van der Waals surface area contributed by atoms with Gasteiger partial charge in [0.25, 0.3) is 0 Å². The average molecular weight is 305 g/mol. The van der Waals surface area contributed by atoms with E-state index < -0.39 is 5.97 Å². The minimum absolute atomic E-state index is 0.320. The zero-order valence-electron chi connectivity index (χ0n) is 12.5. The lowest BCUT2D eigenvalue weighted by Gasteiger charge is -2.07. The molecule has 1 heterocycles. The quantitative estimate of drug-likeness (QED) is 0.607. The largest absolute Gasteiger partial charge is 0.464 e. The summed E-state index contributed by atoms with van der Waals surface area (Å²) < 4.78 is 6.54. The van der Waals surface area contributed by atoms with Crippen molar-refractivity contribution in [2.75, 3.05) is 13.4 Å². The molecule has 0 aliphatic heterocycles. The van der Waals surface area contributed by atoms with Crippen molar-refractivity contribution in [1.82, 2.24) is 15.0 Å². The third-order valence-electron chi connectivity index (χ3n) is 3.19. The number of thioether (sulfide) groups is 1. The topological polar surface area (TPSA) is 57.0 Å². The van der Waals surface area contributed by atoms with Crippen molar-refractivity contribution in [1.29, 1.82) is 0 Å². The molecule has 112 valence electrons. The lowest BCUT2D eigenvalue weighted by atomic mass is 10.2. The molecule has 5 nitrogen and oxygen atoms in total. The number of methoxy groups -OCH3 is 1. The summed E-state index contributed by atoms with van der Waals surface area (Å²) in [6.45, 7) is 2.67. The summed E-state index contributed by atoms with van der Waals surface area (Å²) in [6, 6.07) is 8.30. The zero-order chi connectivity index (χ0) is 15.2. The standard InChI is InChI=1S/C15H19N3O2S/c1-4-5-13-14(15(19)20-2)16-17-18(13)10-11-6-8-12(21-3)9-7-11/h6-9H,4-5,10H2,1-3H3. The Hall–Kier alpha value is -1.82. The Morgan fingerprint density at radius 1 is 1.33 bits per heavy atom. The first-order valence-electron chi connectivity index (χ1n) is 6.83. The number of nitrogens with zero attached hydrogens (tertiary/aromatic N) is 3. The van der Waals surface area contributed by atoms with E-state index in [1.807, 2.05) is 0 Å². The number of ether oxygens (including phenoxy) is 1. The van der Waals surface area contributed by atoms with Gasteiger partial charge in [0.05, 0.1) is 19.3 Å². The zero-order valence-corrected chi connectivity index (χ0v) is 13.3. The van der Waals surface area contributed by atoms with Crippen LogP contribution in [-0.4, -0.2) is 34.3 Å². The van der Waals surface area contributed by atoms with Gasteiger partial charge in [0.1, 0.15) is 0 Å². The van der Waals surface area contributed by atoms with Crippen LogP contribution in [0.15, 0.2) is 29.2 Å². The van der Waals surface area contributed by atoms with E-state index in [0.29, 0.717) is 12.2 Å². The van der Waals surface area contributed by atoms with E-state index in [1.54, 1.807) is 16.4 Å². The minimum atomic E-state index is -0.428. The lowest BCUT2D eigenvalue weighted by molar-refractivity contribution is 0.0592. The summed E-state index contributed by atoms with van der Waals surface area (Å²) in [4.78, 5) is 12.9. The number of carbonyl (C=O) groups excluding carboxylic acids is 1. The third kappa shape index (κ3) is 3.64. The Bertz CT molecular complexity index is 608. The van der Waals surface area contributed by atoms with Gasteiger partial charge >= 0.3 is 5.97 Å². The fourth-order valence-electron chi connectivity index (χ4n) is 2.10. The van der Waals surface area contributed by atoms with E-state index >= 15 is 0 Å². The minimum Gasteiger partial charge on any atom is -0.464 e. The molecule has 0 amide bonds. The monoisotopic (exact) mass is 305 g/mol. The average Bonchev–Trinajstić information content (AvgIpc) is 2.90. The maximum Gasteiger partial charge on any atom is 0.360 e. The molecule has 0 saturated carbocycles. The van der Waals surface area contributed by atoms with Crippen LogP contribution in [0.3, 0.4) is 0 Å². The van der Waals surface area contributed by atoms with E-state index in [4.69, 9.17) is 4.74 Å². The molecule has 0 radical (unpaired) electrons. The predicted octanol–water partition coefficient (Wildman–Crippen LogP) is 2.79. The van der Waals surface area contributed by atoms with Gasteiger partial charge in [0.2, 0.25) is 0 Å². The highest BCUT2D eigenvalue weighted by Crippen LogP contribution is 2.17. The van der Waals surface area contributed by atoms with Crippen LogP contribution in [0.5, 0.6) is 0 Å². The van der Waals surface area contributed by atoms with Crippen molar-refractivity contribution < 1.29 is 9.53 Å². The van der Waals surface area contributed by atoms with Gasteiger partial charge < -0.3 is 4.74 Å². The molecule has 0 aliphatic rings. The normalized spacial score (nSPS) is 10.6. The first kappa shape index (κ1) is 15.6. The molecule has 0 unspecified atom stereocenters. The number of carbonyl (C=O) groups is 1. The molecule has 21 heavy (non-hydrogen) atoms. The van der Waals surface area contributed by atoms with Crippen molar-refractivity contribution >= 4 is 17.7 Å². The molecule has 0 spiro atoms. The van der Waals surface area contributed by atoms with E-state index in [1.165, 1.54) is 12.0 Å². The second-order valence-electron chi connectivity index (χ2n) is 4.63. The number of benzene rings is 1. The summed E-state index contributed by atoms with van der Waals surface area (Å²) in [5, 5.41) is 8.07. The molecule has 0 atom stereocenters. The Balaban J connectivity index is 2.25. The number of hydrogen-bond acceptors (Lipinski definition) is 5. The maximum absolute atomic E-state index is 11.7. The molecule has 0 bridgehead atoms. The summed E-state index contributed by atoms with van der Waals surface area (Å²) in [6.07, 6.45) is 3.72. The predicted molar refractivity (Wildman–Crippen MR) is 82.7 cm³/mol. The van der Waals surface area contributed by atoms with E-state index in [2.05, 4.69) is 47.8 Å². The number of rotatable bonds is 6. The van der Waals surface area contributed by atoms with Crippen molar-refractivity contribution in [3.05, 3.63) is 41.2 Å². The van der Waals surface area contributed by atoms with Crippen LogP contribution in [0.25, 0.3) is 0 Å². The van der Waals surface area contributed by atoms with Gasteiger partial charge in [-0.1, -0.05) is 30.7 Å². The highest BCUT2D eigenvalue weighted by Gasteiger charge is 2.19. The summed E-state index contributed by atoms with van der Waals surface area (Å²) >= 11 is 1.71.